The van der Waals surface area contributed by atoms with Crippen molar-refractivity contribution in [2.75, 3.05) is 0 Å². The van der Waals surface area contributed by atoms with Crippen molar-refractivity contribution in [2.24, 2.45) is 0 Å². The van der Waals surface area contributed by atoms with Crippen LogP contribution in [-0.4, -0.2) is 15.2 Å². The third-order valence-corrected chi connectivity index (χ3v) is 1.15. The van der Waals surface area contributed by atoms with E-state index >= 15 is 0 Å². The molecule has 0 spiro atoms. The van der Waals surface area contributed by atoms with Crippen LogP contribution in [-0.2, 0) is 0 Å². The van der Waals surface area contributed by atoms with Crippen LogP contribution in [0.4, 0.5) is 0 Å². The van der Waals surface area contributed by atoms with Crippen molar-refractivity contribution in [1.29, 1.82) is 0 Å². The van der Waals surface area contributed by atoms with Crippen LogP contribution in [0.15, 0.2) is 18.5 Å². The van der Waals surface area contributed by atoms with Crippen LogP contribution in [0.25, 0.3) is 11.0 Å². The van der Waals surface area contributed by atoms with E-state index in [9.17, 15) is 0 Å². The summed E-state index contributed by atoms with van der Waals surface area (Å²) in [5, 5.41) is 7.57. The second-order valence-corrected chi connectivity index (χ2v) is 1.73. The van der Waals surface area contributed by atoms with Crippen molar-refractivity contribution in [3.63, 3.8) is 0 Å². The van der Waals surface area contributed by atoms with E-state index in [2.05, 4.69) is 21.2 Å². The standard InChI is InChI=1S/C6H4N3/c1-2-5-4-8-9-6(5)7-3-1/h2-4H,(H,7,8,9). The topological polar surface area (TPSA) is 41.6 Å². The van der Waals surface area contributed by atoms with E-state index < -0.39 is 0 Å². The molecule has 0 bridgehead atoms. The zero-order valence-corrected chi connectivity index (χ0v) is 4.63. The van der Waals surface area contributed by atoms with Gasteiger partial charge in [0.25, 0.3) is 0 Å². The molecule has 0 aliphatic heterocycles. The van der Waals surface area contributed by atoms with Crippen molar-refractivity contribution in [3.8, 4) is 0 Å². The van der Waals surface area contributed by atoms with Gasteiger partial charge in [0.05, 0.1) is 0 Å². The Bertz CT molecular complexity index is 282. The van der Waals surface area contributed by atoms with E-state index in [0.29, 0.717) is 0 Å². The van der Waals surface area contributed by atoms with Gasteiger partial charge in [-0.1, -0.05) is 0 Å². The smallest absolute Gasteiger partial charge is 0.180 e. The number of rotatable bonds is 0. The Morgan fingerprint density at radius 3 is 3.44 bits per heavy atom. The van der Waals surface area contributed by atoms with Gasteiger partial charge in [-0.15, -0.1) is 0 Å². The van der Waals surface area contributed by atoms with Gasteiger partial charge in [-0.2, -0.15) is 5.10 Å². The van der Waals surface area contributed by atoms with Gasteiger partial charge < -0.3 is 0 Å². The molecule has 9 heavy (non-hydrogen) atoms. The van der Waals surface area contributed by atoms with E-state index in [1.165, 1.54) is 0 Å². The largest absolute Gasteiger partial charge is 0.283 e. The van der Waals surface area contributed by atoms with E-state index in [-0.39, 0.29) is 0 Å². The van der Waals surface area contributed by atoms with Gasteiger partial charge in [0.1, 0.15) is 0 Å². The SMILES string of the molecule is [c]1cnc2n[nH]cc2c1. The highest BCUT2D eigenvalue weighted by atomic mass is 15.1. The van der Waals surface area contributed by atoms with Gasteiger partial charge in [0.15, 0.2) is 5.65 Å². The molecule has 2 heterocycles. The maximum Gasteiger partial charge on any atom is 0.180 e. The van der Waals surface area contributed by atoms with E-state index in [0.717, 1.165) is 11.0 Å². The molecule has 0 aliphatic carbocycles. The Kier molecular flexibility index (Phi) is 0.773. The maximum atomic E-state index is 3.94. The molecule has 0 saturated carbocycles. The quantitative estimate of drug-likeness (QED) is 0.554. The fourth-order valence-corrected chi connectivity index (χ4v) is 0.727. The summed E-state index contributed by atoms with van der Waals surface area (Å²) >= 11 is 0. The van der Waals surface area contributed by atoms with Gasteiger partial charge in [0.2, 0.25) is 0 Å². The summed E-state index contributed by atoms with van der Waals surface area (Å²) in [5.41, 5.74) is 0.744. The Hall–Kier alpha value is -1.38. The number of aromatic nitrogens is 3. The van der Waals surface area contributed by atoms with E-state index in [1.807, 2.05) is 6.07 Å². The van der Waals surface area contributed by atoms with Crippen LogP contribution in [0.1, 0.15) is 0 Å². The molecule has 3 heteroatoms. The number of aromatic amines is 1. The molecule has 0 aliphatic rings. The fraction of sp³-hybridized carbons (Fsp3) is 0. The minimum atomic E-state index is 0.744. The van der Waals surface area contributed by atoms with Gasteiger partial charge >= 0.3 is 0 Å². The third kappa shape index (κ3) is 0.579. The van der Waals surface area contributed by atoms with Gasteiger partial charge in [-0.25, -0.2) is 4.98 Å². The van der Waals surface area contributed by atoms with E-state index in [4.69, 9.17) is 0 Å². The first-order chi connectivity index (χ1) is 4.47. The Morgan fingerprint density at radius 2 is 2.56 bits per heavy atom. The summed E-state index contributed by atoms with van der Waals surface area (Å²) in [6.45, 7) is 0. The minimum absolute atomic E-state index is 0.744. The number of H-pyrrole nitrogens is 1. The number of nitrogens with one attached hydrogen (secondary N) is 1. The zero-order chi connectivity index (χ0) is 6.10. The highest BCUT2D eigenvalue weighted by Crippen LogP contribution is 2.02. The molecule has 2 rings (SSSR count). The zero-order valence-electron chi connectivity index (χ0n) is 4.63. The number of pyridine rings is 1. The lowest BCUT2D eigenvalue weighted by Crippen LogP contribution is -1.72. The monoisotopic (exact) mass is 118 g/mol. The lowest BCUT2D eigenvalue weighted by molar-refractivity contribution is 1.10. The molecular formula is C6H4N3. The van der Waals surface area contributed by atoms with Crippen LogP contribution in [0.2, 0.25) is 0 Å². The summed E-state index contributed by atoms with van der Waals surface area (Å²) < 4.78 is 0. The van der Waals surface area contributed by atoms with Crippen molar-refractivity contribution in [2.45, 2.75) is 0 Å². The molecule has 0 unspecified atom stereocenters. The first-order valence-corrected chi connectivity index (χ1v) is 2.62. The van der Waals surface area contributed by atoms with E-state index in [1.54, 1.807) is 12.4 Å². The summed E-state index contributed by atoms with van der Waals surface area (Å²) in [4.78, 5) is 3.94. The second kappa shape index (κ2) is 1.55. The van der Waals surface area contributed by atoms with Crippen molar-refractivity contribution in [1.82, 2.24) is 15.2 Å². The second-order valence-electron chi connectivity index (χ2n) is 1.73. The minimum Gasteiger partial charge on any atom is -0.283 e. The van der Waals surface area contributed by atoms with Crippen molar-refractivity contribution in [3.05, 3.63) is 24.5 Å². The maximum absolute atomic E-state index is 3.94. The normalized spacial score (nSPS) is 10.2. The first kappa shape index (κ1) is 4.49. The Labute approximate surface area is 51.7 Å². The lowest BCUT2D eigenvalue weighted by atomic mass is 10.4. The van der Waals surface area contributed by atoms with Gasteiger partial charge in [-0.05, 0) is 6.07 Å². The predicted molar refractivity (Wildman–Crippen MR) is 32.7 cm³/mol. The molecule has 1 radical (unpaired) electrons. The third-order valence-electron chi connectivity index (χ3n) is 1.15. The average molecular weight is 118 g/mol. The molecule has 0 atom stereocenters. The summed E-state index contributed by atoms with van der Waals surface area (Å²) in [6.07, 6.45) is 3.39. The molecule has 1 N–H and O–H groups in total. The van der Waals surface area contributed by atoms with Crippen LogP contribution in [0, 0.1) is 6.07 Å². The molecule has 0 aromatic carbocycles. The Morgan fingerprint density at radius 1 is 1.56 bits per heavy atom. The molecule has 0 fully saturated rings. The van der Waals surface area contributed by atoms with Crippen LogP contribution < -0.4 is 0 Å². The number of hydrogen-bond donors (Lipinski definition) is 1. The summed E-state index contributed by atoms with van der Waals surface area (Å²) in [6, 6.07) is 4.69. The predicted octanol–water partition coefficient (Wildman–Crippen LogP) is 0.758. The van der Waals surface area contributed by atoms with Crippen LogP contribution in [0.5, 0.6) is 0 Å². The summed E-state index contributed by atoms with van der Waals surface area (Å²) in [5.74, 6) is 0. The fourth-order valence-electron chi connectivity index (χ4n) is 0.727. The first-order valence-electron chi connectivity index (χ1n) is 2.62. The van der Waals surface area contributed by atoms with Gasteiger partial charge in [0, 0.05) is 23.8 Å². The van der Waals surface area contributed by atoms with Crippen LogP contribution in [0.3, 0.4) is 0 Å². The molecule has 0 saturated heterocycles. The highest BCUT2D eigenvalue weighted by Gasteiger charge is 1.90. The van der Waals surface area contributed by atoms with Crippen molar-refractivity contribution >= 4 is 11.0 Å². The lowest BCUT2D eigenvalue weighted by Gasteiger charge is -1.78. The molecule has 3 nitrogen and oxygen atoms in total. The van der Waals surface area contributed by atoms with Gasteiger partial charge in [-0.3, -0.25) is 5.10 Å². The van der Waals surface area contributed by atoms with Crippen molar-refractivity contribution < 1.29 is 0 Å². The highest BCUT2D eigenvalue weighted by molar-refractivity contribution is 5.72. The molecule has 2 aromatic heterocycles. The molecule has 2 aromatic rings. The number of hydrogen-bond acceptors (Lipinski definition) is 2. The molecule has 0 amide bonds. The Balaban J connectivity index is 2.95. The number of nitrogens with zero attached hydrogens (tertiary/aromatic N) is 2. The molecule has 43 valence electrons. The molecular weight excluding hydrogens is 114 g/mol. The number of fused-ring (bicyclic) bond motifs is 1. The average Bonchev–Trinajstić information content (AvgIpc) is 2.33. The summed E-state index contributed by atoms with van der Waals surface area (Å²) in [7, 11) is 0. The van der Waals surface area contributed by atoms with Crippen LogP contribution >= 0.6 is 0 Å².